The summed E-state index contributed by atoms with van der Waals surface area (Å²) in [5.41, 5.74) is 3.47. The molecule has 0 aliphatic carbocycles. The van der Waals surface area contributed by atoms with Gasteiger partial charge < -0.3 is 10.1 Å². The number of benzene rings is 2. The van der Waals surface area contributed by atoms with Crippen LogP contribution in [-0.4, -0.2) is 24.0 Å². The van der Waals surface area contributed by atoms with E-state index in [1.807, 2.05) is 36.4 Å². The van der Waals surface area contributed by atoms with E-state index in [1.54, 1.807) is 36.7 Å². The Balaban J connectivity index is 1.46. The van der Waals surface area contributed by atoms with Crippen LogP contribution in [0.25, 0.3) is 0 Å². The summed E-state index contributed by atoms with van der Waals surface area (Å²) in [5.74, 6) is 0.476. The van der Waals surface area contributed by atoms with Gasteiger partial charge >= 0.3 is 0 Å². The Labute approximate surface area is 158 Å². The first-order chi connectivity index (χ1) is 13.2. The zero-order chi connectivity index (χ0) is 18.9. The van der Waals surface area contributed by atoms with Crippen LogP contribution in [0.1, 0.15) is 27.0 Å². The molecular formula is C22H19N3O2. The van der Waals surface area contributed by atoms with Crippen LogP contribution in [-0.2, 0) is 6.42 Å². The highest BCUT2D eigenvalue weighted by atomic mass is 16.5. The number of ether oxygens (including phenoxy) is 1. The van der Waals surface area contributed by atoms with Gasteiger partial charge in [0.15, 0.2) is 0 Å². The van der Waals surface area contributed by atoms with Gasteiger partial charge in [0.05, 0.1) is 18.2 Å². The molecule has 0 saturated heterocycles. The summed E-state index contributed by atoms with van der Waals surface area (Å²) < 4.78 is 5.55. The van der Waals surface area contributed by atoms with E-state index in [1.165, 1.54) is 5.56 Å². The number of carbonyl (C=O) groups is 1. The first-order valence-corrected chi connectivity index (χ1v) is 8.63. The van der Waals surface area contributed by atoms with Crippen LogP contribution in [0.3, 0.4) is 0 Å². The van der Waals surface area contributed by atoms with Crippen LogP contribution in [0.2, 0.25) is 0 Å². The van der Waals surface area contributed by atoms with Crippen LogP contribution in [0.5, 0.6) is 5.75 Å². The quantitative estimate of drug-likeness (QED) is 0.658. The molecule has 134 valence electrons. The second-order valence-corrected chi connectivity index (χ2v) is 5.97. The fraction of sp³-hybridized carbons (Fsp3) is 0.136. The SMILES string of the molecule is N#Cc1cccc(OCCNC(=O)c2ccc(Cc3ccncc3)cc2)c1. The van der Waals surface area contributed by atoms with Gasteiger partial charge in [0.2, 0.25) is 0 Å². The minimum Gasteiger partial charge on any atom is -0.492 e. The minimum absolute atomic E-state index is 0.139. The largest absolute Gasteiger partial charge is 0.492 e. The summed E-state index contributed by atoms with van der Waals surface area (Å²) in [6.45, 7) is 0.717. The maximum Gasteiger partial charge on any atom is 0.251 e. The molecule has 0 aliphatic rings. The summed E-state index contributed by atoms with van der Waals surface area (Å²) in [6.07, 6.45) is 4.35. The Morgan fingerprint density at radius 1 is 1.04 bits per heavy atom. The summed E-state index contributed by atoms with van der Waals surface area (Å²) in [6, 6.07) is 20.5. The lowest BCUT2D eigenvalue weighted by atomic mass is 10.0. The number of amides is 1. The Kier molecular flexibility index (Phi) is 6.16. The highest BCUT2D eigenvalue weighted by molar-refractivity contribution is 5.94. The van der Waals surface area contributed by atoms with Gasteiger partial charge in [-0.25, -0.2) is 0 Å². The zero-order valence-corrected chi connectivity index (χ0v) is 14.8. The topological polar surface area (TPSA) is 75.0 Å². The number of rotatable bonds is 7. The van der Waals surface area contributed by atoms with Crippen LogP contribution in [0.15, 0.2) is 73.1 Å². The van der Waals surface area contributed by atoms with Crippen LogP contribution in [0.4, 0.5) is 0 Å². The fourth-order valence-electron chi connectivity index (χ4n) is 2.60. The molecule has 1 aromatic heterocycles. The number of hydrogen-bond acceptors (Lipinski definition) is 4. The summed E-state index contributed by atoms with van der Waals surface area (Å²) >= 11 is 0. The first kappa shape index (κ1) is 18.2. The molecule has 2 aromatic carbocycles. The number of aromatic nitrogens is 1. The number of carbonyl (C=O) groups excluding carboxylic acids is 1. The molecule has 0 fully saturated rings. The standard InChI is InChI=1S/C22H19N3O2/c23-16-19-2-1-3-21(15-19)27-13-12-25-22(26)20-6-4-17(5-7-20)14-18-8-10-24-11-9-18/h1-11,15H,12-14H2,(H,25,26). The molecule has 0 radical (unpaired) electrons. The molecular weight excluding hydrogens is 338 g/mol. The van der Waals surface area contributed by atoms with E-state index >= 15 is 0 Å². The monoisotopic (exact) mass is 357 g/mol. The second-order valence-electron chi connectivity index (χ2n) is 5.97. The Bertz CT molecular complexity index is 932. The Morgan fingerprint density at radius 2 is 1.78 bits per heavy atom. The second kappa shape index (κ2) is 9.16. The van der Waals surface area contributed by atoms with Crippen molar-refractivity contribution in [3.63, 3.8) is 0 Å². The van der Waals surface area contributed by atoms with E-state index in [0.29, 0.717) is 30.0 Å². The zero-order valence-electron chi connectivity index (χ0n) is 14.8. The lowest BCUT2D eigenvalue weighted by Gasteiger charge is -2.08. The molecule has 0 aliphatic heterocycles. The average molecular weight is 357 g/mol. The third-order valence-corrected chi connectivity index (χ3v) is 3.99. The normalized spacial score (nSPS) is 10.0. The molecule has 0 atom stereocenters. The number of nitrogens with one attached hydrogen (secondary N) is 1. The number of nitrogens with zero attached hydrogens (tertiary/aromatic N) is 2. The van der Waals surface area contributed by atoms with E-state index in [0.717, 1.165) is 12.0 Å². The van der Waals surface area contributed by atoms with Crippen molar-refractivity contribution in [3.05, 3.63) is 95.3 Å². The molecule has 1 amide bonds. The molecule has 3 aromatic rings. The van der Waals surface area contributed by atoms with Crippen molar-refractivity contribution in [2.45, 2.75) is 6.42 Å². The maximum absolute atomic E-state index is 12.2. The van der Waals surface area contributed by atoms with E-state index in [9.17, 15) is 4.79 Å². The molecule has 5 nitrogen and oxygen atoms in total. The lowest BCUT2D eigenvalue weighted by molar-refractivity contribution is 0.0947. The van der Waals surface area contributed by atoms with Gasteiger partial charge in [-0.3, -0.25) is 9.78 Å². The first-order valence-electron chi connectivity index (χ1n) is 8.63. The highest BCUT2D eigenvalue weighted by Gasteiger charge is 2.05. The van der Waals surface area contributed by atoms with Crippen LogP contribution >= 0.6 is 0 Å². The predicted octanol–water partition coefficient (Wildman–Crippen LogP) is 3.35. The maximum atomic E-state index is 12.2. The van der Waals surface area contributed by atoms with E-state index < -0.39 is 0 Å². The predicted molar refractivity (Wildman–Crippen MR) is 102 cm³/mol. The Hall–Kier alpha value is -3.65. The third-order valence-electron chi connectivity index (χ3n) is 3.99. The minimum atomic E-state index is -0.139. The van der Waals surface area contributed by atoms with Gasteiger partial charge in [-0.15, -0.1) is 0 Å². The average Bonchev–Trinajstić information content (AvgIpc) is 2.72. The van der Waals surface area contributed by atoms with E-state index in [-0.39, 0.29) is 5.91 Å². The summed E-state index contributed by atoms with van der Waals surface area (Å²) in [4.78, 5) is 16.2. The van der Waals surface area contributed by atoms with E-state index in [4.69, 9.17) is 10.00 Å². The van der Waals surface area contributed by atoms with Gasteiger partial charge in [-0.05, 0) is 60.0 Å². The van der Waals surface area contributed by atoms with Crippen molar-refractivity contribution in [3.8, 4) is 11.8 Å². The summed E-state index contributed by atoms with van der Waals surface area (Å²) in [7, 11) is 0. The van der Waals surface area contributed by atoms with E-state index in [2.05, 4.69) is 16.4 Å². The van der Waals surface area contributed by atoms with Crippen LogP contribution < -0.4 is 10.1 Å². The molecule has 0 unspecified atom stereocenters. The molecule has 3 rings (SSSR count). The number of nitriles is 1. The van der Waals surface area contributed by atoms with Crippen molar-refractivity contribution in [1.82, 2.24) is 10.3 Å². The lowest BCUT2D eigenvalue weighted by Crippen LogP contribution is -2.28. The van der Waals surface area contributed by atoms with Crippen molar-refractivity contribution >= 4 is 5.91 Å². The van der Waals surface area contributed by atoms with Gasteiger partial charge in [0.25, 0.3) is 5.91 Å². The van der Waals surface area contributed by atoms with Crippen molar-refractivity contribution < 1.29 is 9.53 Å². The molecule has 5 heteroatoms. The molecule has 0 bridgehead atoms. The third kappa shape index (κ3) is 5.41. The fourth-order valence-corrected chi connectivity index (χ4v) is 2.60. The Morgan fingerprint density at radius 3 is 2.52 bits per heavy atom. The van der Waals surface area contributed by atoms with Crippen molar-refractivity contribution in [2.75, 3.05) is 13.2 Å². The summed E-state index contributed by atoms with van der Waals surface area (Å²) in [5, 5.41) is 11.7. The molecule has 1 N–H and O–H groups in total. The van der Waals surface area contributed by atoms with Gasteiger partial charge in [-0.1, -0.05) is 18.2 Å². The number of hydrogen-bond donors (Lipinski definition) is 1. The smallest absolute Gasteiger partial charge is 0.251 e. The van der Waals surface area contributed by atoms with Gasteiger partial charge in [-0.2, -0.15) is 5.26 Å². The van der Waals surface area contributed by atoms with Gasteiger partial charge in [0.1, 0.15) is 12.4 Å². The van der Waals surface area contributed by atoms with Crippen molar-refractivity contribution in [2.24, 2.45) is 0 Å². The molecule has 0 spiro atoms. The van der Waals surface area contributed by atoms with Crippen LogP contribution in [0, 0.1) is 11.3 Å². The van der Waals surface area contributed by atoms with Crippen molar-refractivity contribution in [1.29, 1.82) is 5.26 Å². The molecule has 27 heavy (non-hydrogen) atoms. The number of pyridine rings is 1. The highest BCUT2D eigenvalue weighted by Crippen LogP contribution is 2.12. The molecule has 1 heterocycles. The molecule has 0 saturated carbocycles. The van der Waals surface area contributed by atoms with Gasteiger partial charge in [0, 0.05) is 18.0 Å².